The molecule has 0 spiro atoms. The van der Waals surface area contributed by atoms with E-state index in [0.717, 1.165) is 0 Å². The van der Waals surface area contributed by atoms with Crippen molar-refractivity contribution in [3.05, 3.63) is 28.0 Å². The largest absolute Gasteiger partial charge is 0.481 e. The number of nitrogens with one attached hydrogen (secondary N) is 1. The Morgan fingerprint density at radius 2 is 1.90 bits per heavy atom. The van der Waals surface area contributed by atoms with Crippen molar-refractivity contribution in [1.82, 2.24) is 10.3 Å². The first kappa shape index (κ1) is 15.1. The number of amides is 1. The first-order valence-corrected chi connectivity index (χ1v) is 7.07. The molecule has 5 nitrogen and oxygen atoms in total. The van der Waals surface area contributed by atoms with Crippen LogP contribution in [0.3, 0.4) is 0 Å². The summed E-state index contributed by atoms with van der Waals surface area (Å²) in [5, 5.41) is 12.2. The highest BCUT2D eigenvalue weighted by Gasteiger charge is 2.27. The molecule has 1 amide bonds. The topological polar surface area (TPSA) is 79.3 Å². The first-order chi connectivity index (χ1) is 9.47. The van der Waals surface area contributed by atoms with Crippen LogP contribution in [-0.2, 0) is 4.79 Å². The summed E-state index contributed by atoms with van der Waals surface area (Å²) in [5.41, 5.74) is 0.347. The number of carbonyl (C=O) groups is 2. The van der Waals surface area contributed by atoms with Gasteiger partial charge in [-0.3, -0.25) is 9.59 Å². The molecule has 1 aromatic heterocycles. The van der Waals surface area contributed by atoms with Crippen LogP contribution in [0.2, 0.25) is 10.2 Å². The number of nitrogens with zero attached hydrogens (tertiary/aromatic N) is 1. The van der Waals surface area contributed by atoms with E-state index < -0.39 is 5.97 Å². The fraction of sp³-hybridized carbons (Fsp3) is 0.462. The van der Waals surface area contributed by atoms with Crippen molar-refractivity contribution in [3.63, 3.8) is 0 Å². The minimum absolute atomic E-state index is 0.00689. The Labute approximate surface area is 126 Å². The van der Waals surface area contributed by atoms with Crippen LogP contribution in [0.25, 0.3) is 0 Å². The van der Waals surface area contributed by atoms with Crippen molar-refractivity contribution < 1.29 is 14.7 Å². The maximum absolute atomic E-state index is 12.0. The monoisotopic (exact) mass is 316 g/mol. The molecule has 0 unspecified atom stereocenters. The lowest BCUT2D eigenvalue weighted by Crippen LogP contribution is -2.38. The molecule has 0 atom stereocenters. The predicted octanol–water partition coefficient (Wildman–Crippen LogP) is 2.76. The molecule has 0 radical (unpaired) electrons. The molecule has 0 bridgehead atoms. The summed E-state index contributed by atoms with van der Waals surface area (Å²) in [6, 6.07) is 1.46. The second kappa shape index (κ2) is 6.41. The Hall–Kier alpha value is -1.33. The van der Waals surface area contributed by atoms with Gasteiger partial charge < -0.3 is 10.4 Å². The lowest BCUT2D eigenvalue weighted by molar-refractivity contribution is -0.142. The van der Waals surface area contributed by atoms with Gasteiger partial charge in [-0.05, 0) is 31.7 Å². The van der Waals surface area contributed by atoms with Crippen molar-refractivity contribution in [2.45, 2.75) is 31.7 Å². The van der Waals surface area contributed by atoms with Crippen molar-refractivity contribution >= 4 is 35.1 Å². The average molecular weight is 317 g/mol. The molecular formula is C13H14Cl2N2O3. The van der Waals surface area contributed by atoms with Gasteiger partial charge in [0, 0.05) is 12.2 Å². The Morgan fingerprint density at radius 3 is 2.45 bits per heavy atom. The number of hydrogen-bond acceptors (Lipinski definition) is 3. The summed E-state index contributed by atoms with van der Waals surface area (Å²) in [5.74, 6) is -1.33. The highest BCUT2D eigenvalue weighted by molar-refractivity contribution is 6.41. The number of aliphatic carboxylic acids is 1. The van der Waals surface area contributed by atoms with Gasteiger partial charge in [-0.25, -0.2) is 4.98 Å². The molecule has 1 saturated carbocycles. The van der Waals surface area contributed by atoms with Crippen LogP contribution in [0.1, 0.15) is 36.0 Å². The number of rotatable bonds is 3. The third kappa shape index (κ3) is 3.61. The minimum atomic E-state index is -0.761. The molecule has 0 aliphatic heterocycles. The van der Waals surface area contributed by atoms with Crippen LogP contribution in [0.15, 0.2) is 12.3 Å². The number of carboxylic acid groups (broad SMARTS) is 1. The van der Waals surface area contributed by atoms with Gasteiger partial charge >= 0.3 is 5.97 Å². The zero-order chi connectivity index (χ0) is 14.7. The smallest absolute Gasteiger partial charge is 0.306 e. The SMILES string of the molecule is O=C(NC1CCC(C(=O)O)CC1)c1cnc(Cl)c(Cl)c1. The van der Waals surface area contributed by atoms with Crippen LogP contribution < -0.4 is 5.32 Å². The van der Waals surface area contributed by atoms with Crippen LogP contribution in [0.4, 0.5) is 0 Å². The number of pyridine rings is 1. The average Bonchev–Trinajstić information content (AvgIpc) is 2.42. The summed E-state index contributed by atoms with van der Waals surface area (Å²) < 4.78 is 0. The molecule has 1 aromatic rings. The zero-order valence-corrected chi connectivity index (χ0v) is 12.1. The molecule has 20 heavy (non-hydrogen) atoms. The molecule has 1 heterocycles. The van der Waals surface area contributed by atoms with E-state index in [0.29, 0.717) is 31.2 Å². The van der Waals surface area contributed by atoms with Gasteiger partial charge in [0.1, 0.15) is 5.15 Å². The third-order valence-corrected chi connectivity index (χ3v) is 4.16. The van der Waals surface area contributed by atoms with Gasteiger partial charge in [-0.15, -0.1) is 0 Å². The van der Waals surface area contributed by atoms with Crippen molar-refractivity contribution in [2.75, 3.05) is 0 Å². The Kier molecular flexibility index (Phi) is 4.83. The fourth-order valence-electron chi connectivity index (χ4n) is 2.30. The van der Waals surface area contributed by atoms with Gasteiger partial charge in [-0.2, -0.15) is 0 Å². The summed E-state index contributed by atoms with van der Waals surface area (Å²) in [7, 11) is 0. The van der Waals surface area contributed by atoms with Crippen LogP contribution >= 0.6 is 23.2 Å². The molecule has 0 aromatic carbocycles. The lowest BCUT2D eigenvalue weighted by atomic mass is 9.86. The minimum Gasteiger partial charge on any atom is -0.481 e. The third-order valence-electron chi connectivity index (χ3n) is 3.47. The first-order valence-electron chi connectivity index (χ1n) is 6.32. The fourth-order valence-corrected chi connectivity index (χ4v) is 2.57. The summed E-state index contributed by atoms with van der Waals surface area (Å²) in [6.45, 7) is 0. The van der Waals surface area contributed by atoms with Crippen LogP contribution in [-0.4, -0.2) is 28.0 Å². The normalized spacial score (nSPS) is 22.3. The Bertz CT molecular complexity index is 528. The Balaban J connectivity index is 1.92. The molecule has 7 heteroatoms. The second-order valence-corrected chi connectivity index (χ2v) is 5.62. The maximum atomic E-state index is 12.0. The second-order valence-electron chi connectivity index (χ2n) is 4.86. The maximum Gasteiger partial charge on any atom is 0.306 e. The van der Waals surface area contributed by atoms with Crippen LogP contribution in [0.5, 0.6) is 0 Å². The van der Waals surface area contributed by atoms with E-state index in [1.807, 2.05) is 0 Å². The van der Waals surface area contributed by atoms with Gasteiger partial charge in [0.15, 0.2) is 0 Å². The molecule has 2 rings (SSSR count). The van der Waals surface area contributed by atoms with E-state index in [1.54, 1.807) is 0 Å². The number of aromatic nitrogens is 1. The molecule has 108 valence electrons. The highest BCUT2D eigenvalue weighted by atomic mass is 35.5. The van der Waals surface area contributed by atoms with Crippen LogP contribution in [0, 0.1) is 5.92 Å². The summed E-state index contributed by atoms with van der Waals surface area (Å²) in [6.07, 6.45) is 3.86. The highest BCUT2D eigenvalue weighted by Crippen LogP contribution is 2.25. The number of halogens is 2. The van der Waals surface area contributed by atoms with E-state index in [1.165, 1.54) is 12.3 Å². The van der Waals surface area contributed by atoms with E-state index in [4.69, 9.17) is 28.3 Å². The predicted molar refractivity (Wildman–Crippen MR) is 75.1 cm³/mol. The van der Waals surface area contributed by atoms with E-state index in [-0.39, 0.29) is 28.0 Å². The quantitative estimate of drug-likeness (QED) is 0.840. The van der Waals surface area contributed by atoms with Crippen molar-refractivity contribution in [2.24, 2.45) is 5.92 Å². The van der Waals surface area contributed by atoms with Gasteiger partial charge in [0.25, 0.3) is 5.91 Å². The summed E-state index contributed by atoms with van der Waals surface area (Å²) >= 11 is 11.5. The lowest BCUT2D eigenvalue weighted by Gasteiger charge is -2.26. The molecule has 1 aliphatic rings. The molecule has 0 saturated heterocycles. The van der Waals surface area contributed by atoms with E-state index in [2.05, 4.69) is 10.3 Å². The van der Waals surface area contributed by atoms with E-state index >= 15 is 0 Å². The molecule has 2 N–H and O–H groups in total. The zero-order valence-electron chi connectivity index (χ0n) is 10.6. The van der Waals surface area contributed by atoms with Crippen molar-refractivity contribution in [1.29, 1.82) is 0 Å². The van der Waals surface area contributed by atoms with Crippen molar-refractivity contribution in [3.8, 4) is 0 Å². The molecular weight excluding hydrogens is 303 g/mol. The van der Waals surface area contributed by atoms with Gasteiger partial charge in [-0.1, -0.05) is 23.2 Å². The number of carbonyl (C=O) groups excluding carboxylic acids is 1. The standard InChI is InChI=1S/C13H14Cl2N2O3/c14-10-5-8(6-16-11(10)15)12(18)17-9-3-1-7(2-4-9)13(19)20/h5-7,9H,1-4H2,(H,17,18)(H,19,20). The van der Waals surface area contributed by atoms with Gasteiger partial charge in [0.2, 0.25) is 0 Å². The molecule has 1 fully saturated rings. The Morgan fingerprint density at radius 1 is 1.25 bits per heavy atom. The molecule has 1 aliphatic carbocycles. The van der Waals surface area contributed by atoms with Gasteiger partial charge in [0.05, 0.1) is 16.5 Å². The summed E-state index contributed by atoms with van der Waals surface area (Å²) in [4.78, 5) is 26.7. The number of carboxylic acids is 1. The number of hydrogen-bond donors (Lipinski definition) is 2. The van der Waals surface area contributed by atoms with E-state index in [9.17, 15) is 9.59 Å².